The Morgan fingerprint density at radius 3 is 1.55 bits per heavy atom. The molecular weight excluding hydrogens is 538 g/mol. The standard InChI is InChI=1S/C13H15N3O6.C10H10N2O6/c1-4-22-13(17)11-10(15(18)19)6-5-9(7-8-14(2)3)12(11)16(20)21;1-3-18-10(13)8-7(11(14)15)5-4-6(2)9(8)12(16)17/h5-8H,4H2,1-3H3;4-5H,3H2,1-2H3/b8-7+;. The fourth-order valence-electron chi connectivity index (χ4n) is 3.19. The maximum atomic E-state index is 11.9. The van der Waals surface area contributed by atoms with Crippen LogP contribution >= 0.6 is 0 Å². The number of nitrogens with zero attached hydrogens (tertiary/aromatic N) is 5. The normalized spacial score (nSPS) is 10.2. The molecule has 0 aliphatic heterocycles. The molecule has 2 aromatic carbocycles. The second-order valence-electron chi connectivity index (χ2n) is 7.77. The average molecular weight is 563 g/mol. The molecule has 2 rings (SSSR count). The molecule has 214 valence electrons. The number of esters is 2. The van der Waals surface area contributed by atoms with Crippen LogP contribution in [0.3, 0.4) is 0 Å². The molecule has 17 heteroatoms. The highest BCUT2D eigenvalue weighted by Gasteiger charge is 2.35. The molecule has 2 aromatic rings. The summed E-state index contributed by atoms with van der Waals surface area (Å²) in [6, 6.07) is 4.54. The van der Waals surface area contributed by atoms with Gasteiger partial charge in [0.2, 0.25) is 11.1 Å². The van der Waals surface area contributed by atoms with Crippen LogP contribution in [0.1, 0.15) is 45.7 Å². The van der Waals surface area contributed by atoms with Gasteiger partial charge in [0.15, 0.2) is 0 Å². The van der Waals surface area contributed by atoms with Crippen LogP contribution in [0.4, 0.5) is 22.7 Å². The van der Waals surface area contributed by atoms with Gasteiger partial charge in [-0.3, -0.25) is 40.5 Å². The molecule has 0 radical (unpaired) electrons. The second kappa shape index (κ2) is 14.5. The van der Waals surface area contributed by atoms with Crippen LogP contribution in [0.2, 0.25) is 0 Å². The number of nitro benzene ring substituents is 4. The predicted octanol–water partition coefficient (Wildman–Crippen LogP) is 4.20. The fraction of sp³-hybridized carbons (Fsp3) is 0.304. The van der Waals surface area contributed by atoms with E-state index in [0.29, 0.717) is 0 Å². The molecule has 0 N–H and O–H groups in total. The number of hydrogen-bond acceptors (Lipinski definition) is 13. The number of nitro groups is 4. The molecule has 0 fully saturated rings. The zero-order valence-electron chi connectivity index (χ0n) is 22.0. The van der Waals surface area contributed by atoms with Crippen LogP contribution in [-0.2, 0) is 9.47 Å². The number of hydrogen-bond donors (Lipinski definition) is 0. The van der Waals surface area contributed by atoms with E-state index in [9.17, 15) is 50.0 Å². The van der Waals surface area contributed by atoms with Crippen molar-refractivity contribution >= 4 is 40.8 Å². The summed E-state index contributed by atoms with van der Waals surface area (Å²) in [7, 11) is 3.42. The lowest BCUT2D eigenvalue weighted by Crippen LogP contribution is -2.12. The molecule has 0 unspecified atom stereocenters. The van der Waals surface area contributed by atoms with Gasteiger partial charge in [-0.15, -0.1) is 0 Å². The first-order valence-corrected chi connectivity index (χ1v) is 11.3. The van der Waals surface area contributed by atoms with E-state index in [2.05, 4.69) is 4.74 Å². The van der Waals surface area contributed by atoms with Crippen molar-refractivity contribution in [1.29, 1.82) is 0 Å². The molecule has 0 saturated heterocycles. The molecule has 40 heavy (non-hydrogen) atoms. The Labute approximate surface area is 226 Å². The molecular formula is C23H25N5O12. The van der Waals surface area contributed by atoms with Gasteiger partial charge < -0.3 is 14.4 Å². The summed E-state index contributed by atoms with van der Waals surface area (Å²) in [5.74, 6) is -2.17. The lowest BCUT2D eigenvalue weighted by atomic mass is 10.0. The van der Waals surface area contributed by atoms with E-state index in [-0.39, 0.29) is 24.3 Å². The lowest BCUT2D eigenvalue weighted by molar-refractivity contribution is -0.395. The number of carbonyl (C=O) groups is 2. The van der Waals surface area contributed by atoms with E-state index in [1.165, 1.54) is 45.2 Å². The van der Waals surface area contributed by atoms with Crippen molar-refractivity contribution in [3.63, 3.8) is 0 Å². The van der Waals surface area contributed by atoms with Gasteiger partial charge in [-0.25, -0.2) is 9.59 Å². The second-order valence-corrected chi connectivity index (χ2v) is 7.77. The van der Waals surface area contributed by atoms with Gasteiger partial charge in [-0.1, -0.05) is 0 Å². The van der Waals surface area contributed by atoms with E-state index >= 15 is 0 Å². The smallest absolute Gasteiger partial charge is 0.352 e. The Kier molecular flexibility index (Phi) is 11.8. The van der Waals surface area contributed by atoms with E-state index in [0.717, 1.165) is 12.1 Å². The first kappa shape index (κ1) is 32.5. The SMILES string of the molecule is CCOC(=O)c1c([N+](=O)[O-])ccc(/C=C/N(C)C)c1[N+](=O)[O-].CCOC(=O)c1c([N+](=O)[O-])ccc(C)c1[N+](=O)[O-]. The van der Waals surface area contributed by atoms with Crippen LogP contribution in [0, 0.1) is 47.4 Å². The largest absolute Gasteiger partial charge is 0.462 e. The molecule has 0 heterocycles. The average Bonchev–Trinajstić information content (AvgIpc) is 2.86. The predicted molar refractivity (Wildman–Crippen MR) is 139 cm³/mol. The van der Waals surface area contributed by atoms with Gasteiger partial charge in [-0.2, -0.15) is 0 Å². The summed E-state index contributed by atoms with van der Waals surface area (Å²) in [5, 5.41) is 44.0. The highest BCUT2D eigenvalue weighted by atomic mass is 16.6. The third-order valence-electron chi connectivity index (χ3n) is 4.81. The van der Waals surface area contributed by atoms with Crippen molar-refractivity contribution in [3.05, 3.63) is 93.2 Å². The van der Waals surface area contributed by atoms with Crippen LogP contribution in [0.5, 0.6) is 0 Å². The summed E-state index contributed by atoms with van der Waals surface area (Å²) < 4.78 is 9.32. The maximum absolute atomic E-state index is 11.9. The summed E-state index contributed by atoms with van der Waals surface area (Å²) in [4.78, 5) is 65.8. The van der Waals surface area contributed by atoms with Crippen LogP contribution in [0.25, 0.3) is 6.08 Å². The zero-order valence-corrected chi connectivity index (χ0v) is 22.0. The van der Waals surface area contributed by atoms with Crippen LogP contribution in [0.15, 0.2) is 30.5 Å². The Morgan fingerprint density at radius 1 is 0.750 bits per heavy atom. The van der Waals surface area contributed by atoms with Crippen molar-refractivity contribution in [2.45, 2.75) is 20.8 Å². The van der Waals surface area contributed by atoms with E-state index < -0.39 is 65.5 Å². The third kappa shape index (κ3) is 8.01. The van der Waals surface area contributed by atoms with Crippen molar-refractivity contribution in [2.24, 2.45) is 0 Å². The first-order chi connectivity index (χ1) is 18.7. The Bertz CT molecular complexity index is 1370. The van der Waals surface area contributed by atoms with Gasteiger partial charge in [-0.05, 0) is 45.2 Å². The molecule has 17 nitrogen and oxygen atoms in total. The van der Waals surface area contributed by atoms with Crippen molar-refractivity contribution in [1.82, 2.24) is 4.90 Å². The quantitative estimate of drug-likeness (QED) is 0.224. The summed E-state index contributed by atoms with van der Waals surface area (Å²) in [6.45, 7) is 4.33. The summed E-state index contributed by atoms with van der Waals surface area (Å²) in [5.41, 5.74) is -3.57. The summed E-state index contributed by atoms with van der Waals surface area (Å²) >= 11 is 0. The Balaban J connectivity index is 0.000000408. The Morgan fingerprint density at radius 2 is 1.18 bits per heavy atom. The van der Waals surface area contributed by atoms with Gasteiger partial charge in [0, 0.05) is 31.8 Å². The van der Waals surface area contributed by atoms with Crippen LogP contribution in [-0.4, -0.2) is 63.8 Å². The molecule has 0 saturated carbocycles. The van der Waals surface area contributed by atoms with Crippen molar-refractivity contribution < 1.29 is 38.8 Å². The minimum atomic E-state index is -1.10. The van der Waals surface area contributed by atoms with E-state index in [1.807, 2.05) is 0 Å². The molecule has 0 aromatic heterocycles. The number of rotatable bonds is 10. The lowest BCUT2D eigenvalue weighted by Gasteiger charge is -2.07. The topological polar surface area (TPSA) is 228 Å². The molecule has 0 aliphatic carbocycles. The highest BCUT2D eigenvalue weighted by Crippen LogP contribution is 2.34. The first-order valence-electron chi connectivity index (χ1n) is 11.3. The summed E-state index contributed by atoms with van der Waals surface area (Å²) in [6.07, 6.45) is 2.92. The molecule has 0 amide bonds. The number of ether oxygens (including phenoxy) is 2. The minimum Gasteiger partial charge on any atom is -0.462 e. The highest BCUT2D eigenvalue weighted by molar-refractivity contribution is 6.00. The van der Waals surface area contributed by atoms with Gasteiger partial charge in [0.25, 0.3) is 22.7 Å². The molecule has 0 bridgehead atoms. The zero-order chi connectivity index (χ0) is 30.7. The maximum Gasteiger partial charge on any atom is 0.352 e. The Hall–Kier alpha value is -5.48. The minimum absolute atomic E-state index is 0.0267. The van der Waals surface area contributed by atoms with Crippen molar-refractivity contribution in [3.8, 4) is 0 Å². The number of carbonyl (C=O) groups excluding carboxylic acids is 2. The fourth-order valence-corrected chi connectivity index (χ4v) is 3.19. The van der Waals surface area contributed by atoms with Crippen LogP contribution < -0.4 is 0 Å². The van der Waals surface area contributed by atoms with Gasteiger partial charge in [0.05, 0.1) is 38.5 Å². The van der Waals surface area contributed by atoms with Gasteiger partial charge in [0.1, 0.15) is 0 Å². The van der Waals surface area contributed by atoms with E-state index in [4.69, 9.17) is 4.74 Å². The molecule has 0 aliphatic rings. The van der Waals surface area contributed by atoms with Gasteiger partial charge >= 0.3 is 11.9 Å². The molecule has 0 atom stereocenters. The third-order valence-corrected chi connectivity index (χ3v) is 4.81. The number of benzene rings is 2. The molecule has 0 spiro atoms. The van der Waals surface area contributed by atoms with E-state index in [1.54, 1.807) is 19.0 Å². The number of aryl methyl sites for hydroxylation is 1. The van der Waals surface area contributed by atoms with Crippen molar-refractivity contribution in [2.75, 3.05) is 27.3 Å². The monoisotopic (exact) mass is 563 g/mol.